The molecule has 104 valence electrons. The fraction of sp³-hybridized carbons (Fsp3) is 0.929. The molecule has 0 bridgehead atoms. The van der Waals surface area contributed by atoms with Crippen molar-refractivity contribution in [3.63, 3.8) is 0 Å². The minimum atomic E-state index is 0.249. The third kappa shape index (κ3) is 3.95. The molecule has 2 fully saturated rings. The maximum atomic E-state index is 12.3. The lowest BCUT2D eigenvalue weighted by Crippen LogP contribution is -2.42. The van der Waals surface area contributed by atoms with Gasteiger partial charge in [0, 0.05) is 26.1 Å². The van der Waals surface area contributed by atoms with E-state index < -0.39 is 0 Å². The third-order valence-corrected chi connectivity index (χ3v) is 4.27. The van der Waals surface area contributed by atoms with Gasteiger partial charge < -0.3 is 15.3 Å². The normalized spacial score (nSPS) is 29.3. The molecule has 0 aromatic rings. The minimum absolute atomic E-state index is 0.249. The summed E-state index contributed by atoms with van der Waals surface area (Å²) in [6.45, 7) is 4.13. The van der Waals surface area contributed by atoms with Crippen LogP contribution in [0.3, 0.4) is 0 Å². The van der Waals surface area contributed by atoms with Gasteiger partial charge in [0.2, 0.25) is 5.91 Å². The van der Waals surface area contributed by atoms with Crippen LogP contribution >= 0.6 is 0 Å². The summed E-state index contributed by atoms with van der Waals surface area (Å²) in [6.07, 6.45) is 6.19. The number of piperidine rings is 2. The Labute approximate surface area is 110 Å². The van der Waals surface area contributed by atoms with Crippen molar-refractivity contribution >= 4 is 5.91 Å². The summed E-state index contributed by atoms with van der Waals surface area (Å²) in [7, 11) is 0. The molecule has 4 heteroatoms. The van der Waals surface area contributed by atoms with Crippen molar-refractivity contribution in [2.24, 2.45) is 11.8 Å². The quantitative estimate of drug-likeness (QED) is 0.787. The fourth-order valence-electron chi connectivity index (χ4n) is 3.18. The van der Waals surface area contributed by atoms with Gasteiger partial charge in [-0.05, 0) is 57.0 Å². The summed E-state index contributed by atoms with van der Waals surface area (Å²) >= 11 is 0. The summed E-state index contributed by atoms with van der Waals surface area (Å²) in [5.74, 6) is 1.37. The van der Waals surface area contributed by atoms with Gasteiger partial charge in [-0.15, -0.1) is 0 Å². The van der Waals surface area contributed by atoms with E-state index in [1.165, 1.54) is 12.8 Å². The molecule has 4 nitrogen and oxygen atoms in total. The highest BCUT2D eigenvalue weighted by molar-refractivity contribution is 5.76. The number of amides is 1. The van der Waals surface area contributed by atoms with E-state index in [1.54, 1.807) is 0 Å². The minimum Gasteiger partial charge on any atom is -0.396 e. The first-order valence-corrected chi connectivity index (χ1v) is 7.39. The average molecular weight is 254 g/mol. The molecule has 2 saturated heterocycles. The van der Waals surface area contributed by atoms with Gasteiger partial charge in [0.05, 0.1) is 0 Å². The number of nitrogens with zero attached hydrogens (tertiary/aromatic N) is 1. The number of nitrogens with one attached hydrogen (secondary N) is 1. The molecule has 2 heterocycles. The molecule has 2 rings (SSSR count). The van der Waals surface area contributed by atoms with Crippen molar-refractivity contribution in [3.8, 4) is 0 Å². The van der Waals surface area contributed by atoms with Crippen LogP contribution in [0.5, 0.6) is 0 Å². The molecule has 2 atom stereocenters. The van der Waals surface area contributed by atoms with Gasteiger partial charge >= 0.3 is 0 Å². The zero-order valence-electron chi connectivity index (χ0n) is 11.2. The predicted octanol–water partition coefficient (Wildman–Crippen LogP) is 0.997. The second-order valence-corrected chi connectivity index (χ2v) is 5.78. The van der Waals surface area contributed by atoms with Crippen LogP contribution in [-0.4, -0.2) is 48.7 Å². The lowest BCUT2D eigenvalue weighted by Gasteiger charge is -2.34. The van der Waals surface area contributed by atoms with E-state index in [2.05, 4.69) is 5.32 Å². The molecule has 2 unspecified atom stereocenters. The molecule has 2 N–H and O–H groups in total. The highest BCUT2D eigenvalue weighted by Crippen LogP contribution is 2.22. The standard InChI is InChI=1S/C14H26N2O2/c17-8-5-12-4-2-7-16(11-12)14(18)9-13-3-1-6-15-10-13/h12-13,15,17H,1-11H2. The summed E-state index contributed by atoms with van der Waals surface area (Å²) in [4.78, 5) is 14.3. The number of carbonyl (C=O) groups is 1. The summed E-state index contributed by atoms with van der Waals surface area (Å²) in [5, 5.41) is 12.4. The van der Waals surface area contributed by atoms with Crippen LogP contribution in [0, 0.1) is 11.8 Å². The number of hydrogen-bond acceptors (Lipinski definition) is 3. The van der Waals surface area contributed by atoms with Gasteiger partial charge in [0.25, 0.3) is 0 Å². The fourth-order valence-corrected chi connectivity index (χ4v) is 3.18. The first kappa shape index (κ1) is 13.8. The highest BCUT2D eigenvalue weighted by atomic mass is 16.3. The number of likely N-dealkylation sites (tertiary alicyclic amines) is 1. The number of hydrogen-bond donors (Lipinski definition) is 2. The number of aliphatic hydroxyl groups is 1. The van der Waals surface area contributed by atoms with Crippen molar-refractivity contribution in [2.75, 3.05) is 32.8 Å². The zero-order chi connectivity index (χ0) is 12.8. The number of rotatable bonds is 4. The molecule has 2 aliphatic heterocycles. The lowest BCUT2D eigenvalue weighted by molar-refractivity contribution is -0.134. The first-order chi connectivity index (χ1) is 8.79. The van der Waals surface area contributed by atoms with Crippen molar-refractivity contribution in [1.29, 1.82) is 0 Å². The van der Waals surface area contributed by atoms with Crippen LogP contribution in [0.4, 0.5) is 0 Å². The van der Waals surface area contributed by atoms with Crippen LogP contribution in [0.25, 0.3) is 0 Å². The van der Waals surface area contributed by atoms with Crippen molar-refractivity contribution < 1.29 is 9.90 Å². The molecule has 0 saturated carbocycles. The number of carbonyl (C=O) groups excluding carboxylic acids is 1. The molecule has 0 spiro atoms. The summed E-state index contributed by atoms with van der Waals surface area (Å²) in [5.41, 5.74) is 0. The van der Waals surface area contributed by atoms with Crippen molar-refractivity contribution in [3.05, 3.63) is 0 Å². The Morgan fingerprint density at radius 2 is 2.11 bits per heavy atom. The monoisotopic (exact) mass is 254 g/mol. The second kappa shape index (κ2) is 7.10. The van der Waals surface area contributed by atoms with Gasteiger partial charge in [-0.2, -0.15) is 0 Å². The van der Waals surface area contributed by atoms with Crippen LogP contribution in [-0.2, 0) is 4.79 Å². The molecule has 2 aliphatic rings. The van der Waals surface area contributed by atoms with E-state index in [0.29, 0.717) is 24.2 Å². The summed E-state index contributed by atoms with van der Waals surface area (Å²) < 4.78 is 0. The topological polar surface area (TPSA) is 52.6 Å². The summed E-state index contributed by atoms with van der Waals surface area (Å²) in [6, 6.07) is 0. The predicted molar refractivity (Wildman–Crippen MR) is 71.2 cm³/mol. The van der Waals surface area contributed by atoms with Gasteiger partial charge in [0.15, 0.2) is 0 Å². The van der Waals surface area contributed by atoms with Crippen LogP contribution in [0.1, 0.15) is 38.5 Å². The van der Waals surface area contributed by atoms with E-state index in [-0.39, 0.29) is 6.61 Å². The maximum absolute atomic E-state index is 12.3. The Balaban J connectivity index is 1.76. The molecular weight excluding hydrogens is 228 g/mol. The van der Waals surface area contributed by atoms with Crippen molar-refractivity contribution in [1.82, 2.24) is 10.2 Å². The molecule has 0 aromatic carbocycles. The number of aliphatic hydroxyl groups excluding tert-OH is 1. The first-order valence-electron chi connectivity index (χ1n) is 7.39. The molecular formula is C14H26N2O2. The van der Waals surface area contributed by atoms with Crippen LogP contribution in [0.2, 0.25) is 0 Å². The molecule has 18 heavy (non-hydrogen) atoms. The van der Waals surface area contributed by atoms with E-state index in [1.807, 2.05) is 4.90 Å². The second-order valence-electron chi connectivity index (χ2n) is 5.78. The highest BCUT2D eigenvalue weighted by Gasteiger charge is 2.25. The van der Waals surface area contributed by atoms with Gasteiger partial charge in [-0.3, -0.25) is 4.79 Å². The van der Waals surface area contributed by atoms with Crippen molar-refractivity contribution in [2.45, 2.75) is 38.5 Å². The van der Waals surface area contributed by atoms with E-state index in [0.717, 1.165) is 45.4 Å². The smallest absolute Gasteiger partial charge is 0.222 e. The van der Waals surface area contributed by atoms with Gasteiger partial charge in [-0.1, -0.05) is 0 Å². The van der Waals surface area contributed by atoms with E-state index in [9.17, 15) is 4.79 Å². The average Bonchev–Trinajstić information content (AvgIpc) is 2.40. The van der Waals surface area contributed by atoms with Crippen LogP contribution < -0.4 is 5.32 Å². The zero-order valence-corrected chi connectivity index (χ0v) is 11.2. The SMILES string of the molecule is O=C(CC1CCCNC1)N1CCCC(CCO)C1. The Bertz CT molecular complexity index is 263. The molecule has 0 aliphatic carbocycles. The van der Waals surface area contributed by atoms with Crippen LogP contribution in [0.15, 0.2) is 0 Å². The third-order valence-electron chi connectivity index (χ3n) is 4.27. The Hall–Kier alpha value is -0.610. The Morgan fingerprint density at radius 3 is 2.83 bits per heavy atom. The Kier molecular flexibility index (Phi) is 5.45. The van der Waals surface area contributed by atoms with E-state index in [4.69, 9.17) is 5.11 Å². The lowest BCUT2D eigenvalue weighted by atomic mass is 9.92. The van der Waals surface area contributed by atoms with Gasteiger partial charge in [-0.25, -0.2) is 0 Å². The molecule has 0 radical (unpaired) electrons. The van der Waals surface area contributed by atoms with E-state index >= 15 is 0 Å². The van der Waals surface area contributed by atoms with Gasteiger partial charge in [0.1, 0.15) is 0 Å². The largest absolute Gasteiger partial charge is 0.396 e. The molecule has 0 aromatic heterocycles. The molecule has 1 amide bonds. The Morgan fingerprint density at radius 1 is 1.28 bits per heavy atom. The maximum Gasteiger partial charge on any atom is 0.222 e.